The van der Waals surface area contributed by atoms with Crippen molar-refractivity contribution in [2.24, 2.45) is 0 Å². The van der Waals surface area contributed by atoms with Crippen LogP contribution in [0.5, 0.6) is 0 Å². The van der Waals surface area contributed by atoms with E-state index in [1.807, 2.05) is 6.07 Å². The van der Waals surface area contributed by atoms with E-state index in [0.717, 1.165) is 35.4 Å². The van der Waals surface area contributed by atoms with Gasteiger partial charge in [0.1, 0.15) is 16.7 Å². The minimum Gasteiger partial charge on any atom is -0.370 e. The summed E-state index contributed by atoms with van der Waals surface area (Å²) in [5.74, 6) is 2.76. The quantitative estimate of drug-likeness (QED) is 0.634. The van der Waals surface area contributed by atoms with Gasteiger partial charge in [-0.15, -0.1) is 11.8 Å². The van der Waals surface area contributed by atoms with Gasteiger partial charge in [-0.25, -0.2) is 9.97 Å². The van der Waals surface area contributed by atoms with Crippen molar-refractivity contribution in [3.63, 3.8) is 0 Å². The number of thioether (sulfide) groups is 1. The van der Waals surface area contributed by atoms with Crippen molar-refractivity contribution in [3.05, 3.63) is 46.8 Å². The molecule has 0 aliphatic heterocycles. The number of hydrogen-bond donors (Lipinski definition) is 1. The third kappa shape index (κ3) is 4.74. The van der Waals surface area contributed by atoms with Gasteiger partial charge in [-0.2, -0.15) is 0 Å². The molecule has 1 aromatic carbocycles. The lowest BCUT2D eigenvalue weighted by atomic mass is 10.1. The van der Waals surface area contributed by atoms with Crippen LogP contribution in [0.4, 0.5) is 5.82 Å². The Labute approximate surface area is 131 Å². The van der Waals surface area contributed by atoms with Crippen LogP contribution < -0.4 is 5.32 Å². The van der Waals surface area contributed by atoms with Crippen LogP contribution in [0.2, 0.25) is 0 Å². The second kappa shape index (κ2) is 7.46. The van der Waals surface area contributed by atoms with Crippen LogP contribution >= 0.6 is 11.8 Å². The molecule has 0 atom stereocenters. The van der Waals surface area contributed by atoms with Crippen molar-refractivity contribution in [2.75, 3.05) is 11.9 Å². The Kier molecular flexibility index (Phi) is 5.62. The number of nitrogens with one attached hydrogen (secondary N) is 1. The Bertz CT molecular complexity index is 591. The van der Waals surface area contributed by atoms with Crippen molar-refractivity contribution in [1.82, 2.24) is 9.97 Å². The van der Waals surface area contributed by atoms with Crippen LogP contribution in [-0.4, -0.2) is 16.5 Å². The molecule has 0 radical (unpaired) electrons. The fourth-order valence-corrected chi connectivity index (χ4v) is 3.13. The van der Waals surface area contributed by atoms with Crippen LogP contribution in [0.3, 0.4) is 0 Å². The Morgan fingerprint density at radius 1 is 1.00 bits per heavy atom. The summed E-state index contributed by atoms with van der Waals surface area (Å²) in [5.41, 5.74) is 3.98. The number of nitrogens with zero attached hydrogens (tertiary/aromatic N) is 2. The van der Waals surface area contributed by atoms with Crippen LogP contribution in [0.25, 0.3) is 0 Å². The largest absolute Gasteiger partial charge is 0.370 e. The Balaban J connectivity index is 2.13. The third-order valence-corrected chi connectivity index (χ3v) is 4.07. The van der Waals surface area contributed by atoms with Crippen LogP contribution in [0.15, 0.2) is 29.3 Å². The molecule has 0 fully saturated rings. The predicted octanol–water partition coefficient (Wildman–Crippen LogP) is 4.38. The molecular weight excluding hydrogens is 278 g/mol. The summed E-state index contributed by atoms with van der Waals surface area (Å²) < 4.78 is 0. The van der Waals surface area contributed by atoms with E-state index < -0.39 is 0 Å². The summed E-state index contributed by atoms with van der Waals surface area (Å²) in [6.07, 6.45) is 0.857. The van der Waals surface area contributed by atoms with E-state index in [9.17, 15) is 0 Å². The average Bonchev–Trinajstić information content (AvgIpc) is 2.44. The summed E-state index contributed by atoms with van der Waals surface area (Å²) >= 11 is 1.77. The molecule has 2 rings (SSSR count). The van der Waals surface area contributed by atoms with E-state index in [2.05, 4.69) is 61.2 Å². The first-order chi connectivity index (χ1) is 10.1. The van der Waals surface area contributed by atoms with Crippen LogP contribution in [-0.2, 0) is 12.2 Å². The lowest BCUT2D eigenvalue weighted by Gasteiger charge is -2.08. The highest BCUT2D eigenvalue weighted by Gasteiger charge is 2.05. The van der Waals surface area contributed by atoms with Gasteiger partial charge in [-0.3, -0.25) is 0 Å². The number of rotatable bonds is 6. The lowest BCUT2D eigenvalue weighted by Crippen LogP contribution is -2.03. The highest BCUT2D eigenvalue weighted by atomic mass is 32.2. The zero-order valence-corrected chi connectivity index (χ0v) is 14.0. The first-order valence-electron chi connectivity index (χ1n) is 7.42. The fourth-order valence-electron chi connectivity index (χ4n) is 2.29. The number of aromatic nitrogens is 2. The van der Waals surface area contributed by atoms with Crippen molar-refractivity contribution >= 4 is 17.6 Å². The van der Waals surface area contributed by atoms with Gasteiger partial charge >= 0.3 is 0 Å². The molecule has 4 heteroatoms. The number of benzene rings is 1. The van der Waals surface area contributed by atoms with E-state index in [4.69, 9.17) is 0 Å². The van der Waals surface area contributed by atoms with E-state index in [1.54, 1.807) is 11.8 Å². The van der Waals surface area contributed by atoms with Gasteiger partial charge < -0.3 is 5.32 Å². The van der Waals surface area contributed by atoms with Crippen molar-refractivity contribution in [2.45, 2.75) is 44.9 Å². The number of aryl methyl sites for hydroxylation is 3. The van der Waals surface area contributed by atoms with E-state index in [1.165, 1.54) is 16.7 Å². The zero-order chi connectivity index (χ0) is 15.2. The van der Waals surface area contributed by atoms with E-state index in [-0.39, 0.29) is 0 Å². The Hall–Kier alpha value is -1.55. The molecule has 1 aromatic heterocycles. The maximum atomic E-state index is 4.61. The lowest BCUT2D eigenvalue weighted by molar-refractivity contribution is 0.887. The fraction of sp³-hybridized carbons (Fsp3) is 0.412. The highest BCUT2D eigenvalue weighted by molar-refractivity contribution is 7.98. The molecule has 0 aliphatic rings. The smallest absolute Gasteiger partial charge is 0.131 e. The number of hydrogen-bond acceptors (Lipinski definition) is 4. The molecular formula is C17H23N3S. The van der Waals surface area contributed by atoms with Gasteiger partial charge in [0.15, 0.2) is 0 Å². The first-order valence-corrected chi connectivity index (χ1v) is 8.41. The first kappa shape index (κ1) is 15.8. The molecule has 0 spiro atoms. The highest BCUT2D eigenvalue weighted by Crippen LogP contribution is 2.24. The van der Waals surface area contributed by atoms with E-state index in [0.29, 0.717) is 0 Å². The molecule has 112 valence electrons. The summed E-state index contributed by atoms with van der Waals surface area (Å²) in [6.45, 7) is 9.33. The topological polar surface area (TPSA) is 37.8 Å². The SMILES string of the molecule is CCNc1cc(SCc2cc(C)cc(C)c2)nc(CC)n1. The molecule has 21 heavy (non-hydrogen) atoms. The molecule has 1 heterocycles. The molecule has 0 saturated carbocycles. The average molecular weight is 301 g/mol. The molecule has 0 saturated heterocycles. The minimum absolute atomic E-state index is 0.857. The van der Waals surface area contributed by atoms with Crippen molar-refractivity contribution in [1.29, 1.82) is 0 Å². The standard InChI is InChI=1S/C17H23N3S/c1-5-15-19-16(18-6-2)10-17(20-15)21-11-14-8-12(3)7-13(4)9-14/h7-10H,5-6,11H2,1-4H3,(H,18,19,20). The third-order valence-electron chi connectivity index (χ3n) is 3.09. The van der Waals surface area contributed by atoms with Crippen molar-refractivity contribution < 1.29 is 0 Å². The van der Waals surface area contributed by atoms with Gasteiger partial charge in [0.2, 0.25) is 0 Å². The number of anilines is 1. The van der Waals surface area contributed by atoms with Gasteiger partial charge in [-0.05, 0) is 26.3 Å². The van der Waals surface area contributed by atoms with Gasteiger partial charge in [0.05, 0.1) is 0 Å². The van der Waals surface area contributed by atoms with Crippen LogP contribution in [0.1, 0.15) is 36.4 Å². The Morgan fingerprint density at radius 2 is 1.71 bits per heavy atom. The van der Waals surface area contributed by atoms with Crippen molar-refractivity contribution in [3.8, 4) is 0 Å². The van der Waals surface area contributed by atoms with Gasteiger partial charge in [-0.1, -0.05) is 36.2 Å². The van der Waals surface area contributed by atoms with Crippen LogP contribution in [0, 0.1) is 13.8 Å². The maximum absolute atomic E-state index is 4.61. The van der Waals surface area contributed by atoms with Gasteiger partial charge in [0.25, 0.3) is 0 Å². The monoisotopic (exact) mass is 301 g/mol. The summed E-state index contributed by atoms with van der Waals surface area (Å²) in [4.78, 5) is 9.10. The molecule has 0 bridgehead atoms. The maximum Gasteiger partial charge on any atom is 0.131 e. The van der Waals surface area contributed by atoms with Gasteiger partial charge in [0, 0.05) is 24.8 Å². The van der Waals surface area contributed by atoms with E-state index >= 15 is 0 Å². The molecule has 2 aromatic rings. The molecule has 0 unspecified atom stereocenters. The Morgan fingerprint density at radius 3 is 2.33 bits per heavy atom. The predicted molar refractivity (Wildman–Crippen MR) is 91.1 cm³/mol. The minimum atomic E-state index is 0.857. The normalized spacial score (nSPS) is 10.7. The molecule has 0 aliphatic carbocycles. The molecule has 1 N–H and O–H groups in total. The summed E-state index contributed by atoms with van der Waals surface area (Å²) in [5, 5.41) is 4.31. The summed E-state index contributed by atoms with van der Waals surface area (Å²) in [6, 6.07) is 8.73. The molecule has 3 nitrogen and oxygen atoms in total. The summed E-state index contributed by atoms with van der Waals surface area (Å²) in [7, 11) is 0. The zero-order valence-electron chi connectivity index (χ0n) is 13.2. The second-order valence-corrected chi connectivity index (χ2v) is 6.17. The second-order valence-electron chi connectivity index (χ2n) is 5.18. The molecule has 0 amide bonds.